The van der Waals surface area contributed by atoms with Gasteiger partial charge >= 0.3 is 6.03 Å². The second-order valence-corrected chi connectivity index (χ2v) is 6.34. The third-order valence-electron chi connectivity index (χ3n) is 4.80. The van der Waals surface area contributed by atoms with Crippen LogP contribution in [0.1, 0.15) is 12.8 Å². The highest BCUT2D eigenvalue weighted by atomic mass is 16.6. The first kappa shape index (κ1) is 15.7. The Bertz CT molecular complexity index is 698. The van der Waals surface area contributed by atoms with Crippen LogP contribution in [0.3, 0.4) is 0 Å². The van der Waals surface area contributed by atoms with E-state index in [4.69, 9.17) is 9.47 Å². The number of hydrogen-bond acceptors (Lipinski definition) is 5. The van der Waals surface area contributed by atoms with Gasteiger partial charge in [-0.1, -0.05) is 12.1 Å². The van der Waals surface area contributed by atoms with Gasteiger partial charge in [-0.25, -0.2) is 4.79 Å². The average molecular weight is 345 g/mol. The van der Waals surface area contributed by atoms with E-state index in [1.165, 1.54) is 4.90 Å². The Morgan fingerprint density at radius 2 is 1.84 bits per heavy atom. The normalized spacial score (nSPS) is 23.6. The van der Waals surface area contributed by atoms with Gasteiger partial charge in [-0.2, -0.15) is 0 Å². The summed E-state index contributed by atoms with van der Waals surface area (Å²) in [6.45, 7) is 1.22. The standard InChI is InChI=1S/C17H19N3O5/c21-15-9-18-17(23)20(15)11-5-7-19(8-6-11)16(22)14-10-24-12-3-1-2-4-13(12)25-14/h1-4,11,14H,5-10H2,(H,18,23). The largest absolute Gasteiger partial charge is 0.485 e. The molecule has 0 aliphatic carbocycles. The second kappa shape index (κ2) is 6.27. The van der Waals surface area contributed by atoms with Crippen molar-refractivity contribution in [2.75, 3.05) is 26.2 Å². The molecule has 2 fully saturated rings. The monoisotopic (exact) mass is 345 g/mol. The van der Waals surface area contributed by atoms with Gasteiger partial charge in [-0.15, -0.1) is 0 Å². The minimum absolute atomic E-state index is 0.0602. The van der Waals surface area contributed by atoms with Crippen LogP contribution in [0.25, 0.3) is 0 Å². The number of amides is 4. The zero-order valence-electron chi connectivity index (χ0n) is 13.6. The number of hydrogen-bond donors (Lipinski definition) is 1. The fraction of sp³-hybridized carbons (Fsp3) is 0.471. The number of carbonyl (C=O) groups is 3. The Hall–Kier alpha value is -2.77. The molecule has 132 valence electrons. The van der Waals surface area contributed by atoms with Gasteiger partial charge in [0.25, 0.3) is 5.91 Å². The number of piperidine rings is 1. The topological polar surface area (TPSA) is 88.2 Å². The van der Waals surface area contributed by atoms with Gasteiger partial charge in [-0.05, 0) is 25.0 Å². The van der Waals surface area contributed by atoms with Crippen molar-refractivity contribution in [3.05, 3.63) is 24.3 Å². The summed E-state index contributed by atoms with van der Waals surface area (Å²) in [5.74, 6) is 0.894. The third-order valence-corrected chi connectivity index (χ3v) is 4.80. The van der Waals surface area contributed by atoms with E-state index in [9.17, 15) is 14.4 Å². The number of imide groups is 1. The highest BCUT2D eigenvalue weighted by molar-refractivity contribution is 6.02. The zero-order chi connectivity index (χ0) is 17.4. The summed E-state index contributed by atoms with van der Waals surface area (Å²) in [6.07, 6.45) is 0.493. The lowest BCUT2D eigenvalue weighted by atomic mass is 10.0. The van der Waals surface area contributed by atoms with Crippen molar-refractivity contribution in [1.82, 2.24) is 15.1 Å². The van der Waals surface area contributed by atoms with Crippen LogP contribution in [-0.2, 0) is 9.59 Å². The highest BCUT2D eigenvalue weighted by Gasteiger charge is 2.39. The number of ether oxygens (including phenoxy) is 2. The van der Waals surface area contributed by atoms with Crippen LogP contribution in [0, 0.1) is 0 Å². The van der Waals surface area contributed by atoms with Crippen molar-refractivity contribution >= 4 is 17.8 Å². The highest BCUT2D eigenvalue weighted by Crippen LogP contribution is 2.31. The van der Waals surface area contributed by atoms with E-state index < -0.39 is 6.10 Å². The molecule has 0 saturated carbocycles. The number of fused-ring (bicyclic) bond motifs is 1. The molecule has 3 aliphatic rings. The lowest BCUT2D eigenvalue weighted by molar-refractivity contribution is -0.142. The van der Waals surface area contributed by atoms with Crippen molar-refractivity contribution in [3.63, 3.8) is 0 Å². The van der Waals surface area contributed by atoms with Gasteiger partial charge in [0.1, 0.15) is 6.61 Å². The minimum Gasteiger partial charge on any atom is -0.485 e. The van der Waals surface area contributed by atoms with Crippen molar-refractivity contribution < 1.29 is 23.9 Å². The molecule has 0 spiro atoms. The summed E-state index contributed by atoms with van der Waals surface area (Å²) in [5, 5.41) is 2.53. The fourth-order valence-electron chi connectivity index (χ4n) is 3.49. The molecule has 25 heavy (non-hydrogen) atoms. The SMILES string of the molecule is O=C(C1COc2ccccc2O1)N1CCC(N2C(=O)CNC2=O)CC1. The van der Waals surface area contributed by atoms with Gasteiger partial charge in [-0.3, -0.25) is 14.5 Å². The van der Waals surface area contributed by atoms with Gasteiger partial charge in [0.05, 0.1) is 6.54 Å². The first-order valence-electron chi connectivity index (χ1n) is 8.40. The molecule has 0 bridgehead atoms. The van der Waals surface area contributed by atoms with Crippen LogP contribution in [0.2, 0.25) is 0 Å². The van der Waals surface area contributed by atoms with E-state index in [0.717, 1.165) is 0 Å². The summed E-state index contributed by atoms with van der Waals surface area (Å²) in [5.41, 5.74) is 0. The predicted molar refractivity (Wildman–Crippen MR) is 86.2 cm³/mol. The molecular weight excluding hydrogens is 326 g/mol. The van der Waals surface area contributed by atoms with Gasteiger partial charge in [0.2, 0.25) is 12.0 Å². The maximum Gasteiger partial charge on any atom is 0.324 e. The predicted octanol–water partition coefficient (Wildman–Crippen LogP) is 0.369. The number of rotatable bonds is 2. The van der Waals surface area contributed by atoms with E-state index in [-0.39, 0.29) is 37.0 Å². The first-order chi connectivity index (χ1) is 12.1. The summed E-state index contributed by atoms with van der Waals surface area (Å²) >= 11 is 0. The Morgan fingerprint density at radius 3 is 2.52 bits per heavy atom. The van der Waals surface area contributed by atoms with Crippen LogP contribution in [0.4, 0.5) is 4.79 Å². The molecule has 8 heteroatoms. The summed E-state index contributed by atoms with van der Waals surface area (Å²) in [7, 11) is 0. The van der Waals surface area contributed by atoms with Crippen molar-refractivity contribution in [3.8, 4) is 11.5 Å². The molecule has 1 atom stereocenters. The van der Waals surface area contributed by atoms with Crippen LogP contribution in [0.5, 0.6) is 11.5 Å². The Morgan fingerprint density at radius 1 is 1.12 bits per heavy atom. The molecule has 4 rings (SSSR count). The van der Waals surface area contributed by atoms with E-state index in [1.54, 1.807) is 17.0 Å². The van der Waals surface area contributed by atoms with Crippen LogP contribution >= 0.6 is 0 Å². The van der Waals surface area contributed by atoms with E-state index >= 15 is 0 Å². The van der Waals surface area contributed by atoms with E-state index in [2.05, 4.69) is 5.32 Å². The Balaban J connectivity index is 1.36. The fourth-order valence-corrected chi connectivity index (χ4v) is 3.49. The van der Waals surface area contributed by atoms with Crippen molar-refractivity contribution in [2.24, 2.45) is 0 Å². The second-order valence-electron chi connectivity index (χ2n) is 6.34. The molecule has 4 amide bonds. The maximum atomic E-state index is 12.7. The molecule has 1 aromatic rings. The molecule has 3 aliphatic heterocycles. The van der Waals surface area contributed by atoms with Crippen LogP contribution < -0.4 is 14.8 Å². The van der Waals surface area contributed by atoms with Crippen molar-refractivity contribution in [2.45, 2.75) is 25.0 Å². The Kier molecular flexibility index (Phi) is 3.95. The lowest BCUT2D eigenvalue weighted by Crippen LogP contribution is -2.53. The quantitative estimate of drug-likeness (QED) is 0.783. The molecule has 1 N–H and O–H groups in total. The number of likely N-dealkylation sites (tertiary alicyclic amines) is 1. The Labute approximate surface area is 144 Å². The number of nitrogens with one attached hydrogen (secondary N) is 1. The number of nitrogens with zero attached hydrogens (tertiary/aromatic N) is 2. The van der Waals surface area contributed by atoms with E-state index in [1.807, 2.05) is 12.1 Å². The van der Waals surface area contributed by atoms with Crippen LogP contribution in [0.15, 0.2) is 24.3 Å². The summed E-state index contributed by atoms with van der Waals surface area (Å²) < 4.78 is 11.4. The third kappa shape index (κ3) is 2.88. The molecule has 1 aromatic carbocycles. The minimum atomic E-state index is -0.664. The number of carbonyl (C=O) groups excluding carboxylic acids is 3. The number of urea groups is 1. The molecule has 0 radical (unpaired) electrons. The van der Waals surface area contributed by atoms with Gasteiger partial charge < -0.3 is 19.7 Å². The van der Waals surface area contributed by atoms with E-state index in [0.29, 0.717) is 37.4 Å². The molecule has 8 nitrogen and oxygen atoms in total. The molecule has 1 unspecified atom stereocenters. The first-order valence-corrected chi connectivity index (χ1v) is 8.40. The molecule has 2 saturated heterocycles. The number of benzene rings is 1. The number of para-hydroxylation sites is 2. The smallest absolute Gasteiger partial charge is 0.324 e. The molecular formula is C17H19N3O5. The molecule has 3 heterocycles. The average Bonchev–Trinajstić information content (AvgIpc) is 2.99. The summed E-state index contributed by atoms with van der Waals surface area (Å²) in [6, 6.07) is 6.78. The van der Waals surface area contributed by atoms with Crippen LogP contribution in [-0.4, -0.2) is 66.0 Å². The molecule has 0 aromatic heterocycles. The lowest BCUT2D eigenvalue weighted by Gasteiger charge is -2.37. The van der Waals surface area contributed by atoms with Crippen molar-refractivity contribution in [1.29, 1.82) is 0 Å². The maximum absolute atomic E-state index is 12.7. The summed E-state index contributed by atoms with van der Waals surface area (Å²) in [4.78, 5) is 39.2. The van der Waals surface area contributed by atoms with Gasteiger partial charge in [0, 0.05) is 19.1 Å². The van der Waals surface area contributed by atoms with Gasteiger partial charge in [0.15, 0.2) is 11.5 Å². The zero-order valence-corrected chi connectivity index (χ0v) is 13.6.